The number of amides is 5. The van der Waals surface area contributed by atoms with Gasteiger partial charge in [0.25, 0.3) is 23.6 Å². The van der Waals surface area contributed by atoms with Crippen LogP contribution in [0.1, 0.15) is 76.2 Å². The Morgan fingerprint density at radius 3 is 1.79 bits per heavy atom. The maximum absolute atomic E-state index is 13.2. The van der Waals surface area contributed by atoms with Crippen molar-refractivity contribution in [2.45, 2.75) is 39.7 Å². The SMILES string of the molecule is CC(=O)SCCCN(C)C(=O)c1cc(NC(=O)c2cc(NC(=O)c3nc(NC(=O)c4cc(NC(=O)OC(C)(C)C)cn4C)cn3C)cn2C)cn1C. The summed E-state index contributed by atoms with van der Waals surface area (Å²) in [5.74, 6) is -1.06. The fourth-order valence-electron chi connectivity index (χ4n) is 5.10. The van der Waals surface area contributed by atoms with E-state index >= 15 is 0 Å². The Bertz CT molecular complexity index is 2010. The van der Waals surface area contributed by atoms with Crippen molar-refractivity contribution in [3.05, 3.63) is 65.9 Å². The summed E-state index contributed by atoms with van der Waals surface area (Å²) in [5.41, 5.74) is 1.26. The van der Waals surface area contributed by atoms with Gasteiger partial charge >= 0.3 is 6.09 Å². The molecule has 4 N–H and O–H groups in total. The average molecular weight is 737 g/mol. The van der Waals surface area contributed by atoms with E-state index in [1.54, 1.807) is 94.7 Å². The topological polar surface area (TPSA) is 196 Å². The Kier molecular flexibility index (Phi) is 12.0. The van der Waals surface area contributed by atoms with Gasteiger partial charge in [0.2, 0.25) is 5.82 Å². The molecule has 0 aliphatic heterocycles. The zero-order valence-electron chi connectivity index (χ0n) is 30.6. The van der Waals surface area contributed by atoms with Crippen LogP contribution in [0.15, 0.2) is 43.0 Å². The molecule has 0 saturated heterocycles. The Labute approximate surface area is 305 Å². The van der Waals surface area contributed by atoms with Crippen molar-refractivity contribution in [1.82, 2.24) is 28.2 Å². The molecule has 0 bridgehead atoms. The van der Waals surface area contributed by atoms with Crippen LogP contribution in [-0.2, 0) is 37.7 Å². The molecule has 0 unspecified atom stereocenters. The molecule has 17 nitrogen and oxygen atoms in total. The molecule has 4 aromatic heterocycles. The first-order valence-electron chi connectivity index (χ1n) is 16.2. The van der Waals surface area contributed by atoms with E-state index in [-0.39, 0.29) is 34.1 Å². The maximum atomic E-state index is 13.2. The van der Waals surface area contributed by atoms with Gasteiger partial charge in [0.1, 0.15) is 22.7 Å². The number of aromatic nitrogens is 5. The molecule has 0 aromatic carbocycles. The Morgan fingerprint density at radius 2 is 1.23 bits per heavy atom. The first kappa shape index (κ1) is 39.0. The molecule has 18 heteroatoms. The van der Waals surface area contributed by atoms with Gasteiger partial charge in [-0.1, -0.05) is 11.8 Å². The van der Waals surface area contributed by atoms with Crippen LogP contribution in [0.4, 0.5) is 27.7 Å². The molecule has 0 aliphatic carbocycles. The largest absolute Gasteiger partial charge is 0.444 e. The molecule has 4 rings (SSSR count). The van der Waals surface area contributed by atoms with E-state index in [0.717, 1.165) is 0 Å². The van der Waals surface area contributed by atoms with Crippen molar-refractivity contribution in [3.8, 4) is 0 Å². The molecule has 0 saturated carbocycles. The lowest BCUT2D eigenvalue weighted by molar-refractivity contribution is -0.109. The first-order valence-corrected chi connectivity index (χ1v) is 17.1. The number of thioether (sulfide) groups is 1. The van der Waals surface area contributed by atoms with Crippen LogP contribution in [0.25, 0.3) is 0 Å². The Morgan fingerprint density at radius 1 is 0.731 bits per heavy atom. The lowest BCUT2D eigenvalue weighted by atomic mass is 10.2. The predicted octanol–water partition coefficient (Wildman–Crippen LogP) is 4.28. The van der Waals surface area contributed by atoms with Gasteiger partial charge in [-0.15, -0.1) is 0 Å². The van der Waals surface area contributed by atoms with Gasteiger partial charge in [0.15, 0.2) is 10.9 Å². The fraction of sp³-hybridized carbons (Fsp3) is 0.382. The van der Waals surface area contributed by atoms with E-state index in [4.69, 9.17) is 4.74 Å². The molecular weight excluding hydrogens is 693 g/mol. The van der Waals surface area contributed by atoms with Crippen LogP contribution in [0.5, 0.6) is 0 Å². The van der Waals surface area contributed by atoms with Gasteiger partial charge in [-0.2, -0.15) is 0 Å². The number of ether oxygens (including phenoxy) is 1. The molecule has 0 fully saturated rings. The van der Waals surface area contributed by atoms with Crippen molar-refractivity contribution in [2.75, 3.05) is 40.6 Å². The number of hydrogen-bond donors (Lipinski definition) is 4. The lowest BCUT2D eigenvalue weighted by Gasteiger charge is -2.19. The van der Waals surface area contributed by atoms with E-state index in [1.807, 2.05) is 0 Å². The Hall–Kier alpha value is -5.78. The van der Waals surface area contributed by atoms with Crippen LogP contribution in [0.3, 0.4) is 0 Å². The summed E-state index contributed by atoms with van der Waals surface area (Å²) in [7, 11) is 8.27. The quantitative estimate of drug-likeness (QED) is 0.154. The van der Waals surface area contributed by atoms with Crippen LogP contribution >= 0.6 is 11.8 Å². The minimum atomic E-state index is -0.687. The summed E-state index contributed by atoms with van der Waals surface area (Å²) in [4.78, 5) is 81.5. The molecule has 52 heavy (non-hydrogen) atoms. The number of rotatable bonds is 12. The predicted molar refractivity (Wildman–Crippen MR) is 198 cm³/mol. The second-order valence-electron chi connectivity index (χ2n) is 13.1. The number of nitrogens with one attached hydrogen (secondary N) is 4. The fourth-order valence-corrected chi connectivity index (χ4v) is 5.66. The minimum Gasteiger partial charge on any atom is -0.444 e. The van der Waals surface area contributed by atoms with E-state index in [2.05, 4.69) is 26.3 Å². The summed E-state index contributed by atoms with van der Waals surface area (Å²) in [6.45, 7) is 7.21. The minimum absolute atomic E-state index is 0.00614. The van der Waals surface area contributed by atoms with Crippen molar-refractivity contribution in [2.24, 2.45) is 28.2 Å². The maximum Gasteiger partial charge on any atom is 0.412 e. The second kappa shape index (κ2) is 16.1. The Balaban J connectivity index is 1.36. The van der Waals surface area contributed by atoms with E-state index in [9.17, 15) is 28.8 Å². The normalized spacial score (nSPS) is 11.2. The number of aryl methyl sites for hydroxylation is 4. The molecule has 4 heterocycles. The second-order valence-corrected chi connectivity index (χ2v) is 14.4. The standard InChI is InChI=1S/C34H44N10O7S/c1-20(45)52-12-10-11-40(5)32(49)26-15-22(17-43(26)8)35-29(46)24-13-21(16-41(24)6)36-31(48)28-38-27(19-44(28)9)39-30(47)25-14-23(18-42(25)7)37-33(50)51-34(2,3)4/h13-19H,10-12H2,1-9H3,(H,35,46)(H,36,48)(H,37,50)(H,39,47). The number of carbonyl (C=O) groups excluding carboxylic acids is 6. The third kappa shape index (κ3) is 10.1. The number of imidazole rings is 1. The van der Waals surface area contributed by atoms with Crippen LogP contribution in [0.2, 0.25) is 0 Å². The van der Waals surface area contributed by atoms with Crippen LogP contribution in [-0.4, -0.2) is 87.9 Å². The number of anilines is 4. The third-order valence-corrected chi connectivity index (χ3v) is 8.37. The molecule has 0 aliphatic rings. The highest BCUT2D eigenvalue weighted by molar-refractivity contribution is 8.13. The highest BCUT2D eigenvalue weighted by Crippen LogP contribution is 2.21. The zero-order valence-corrected chi connectivity index (χ0v) is 31.4. The number of carbonyl (C=O) groups is 6. The van der Waals surface area contributed by atoms with E-state index in [0.29, 0.717) is 41.5 Å². The number of nitrogens with zero attached hydrogens (tertiary/aromatic N) is 6. The molecule has 0 atom stereocenters. The highest BCUT2D eigenvalue weighted by Gasteiger charge is 2.22. The molecule has 278 valence electrons. The molecule has 4 aromatic rings. The summed E-state index contributed by atoms with van der Waals surface area (Å²) in [6.07, 6.45) is 6.24. The van der Waals surface area contributed by atoms with Crippen LogP contribution < -0.4 is 21.3 Å². The highest BCUT2D eigenvalue weighted by atomic mass is 32.2. The van der Waals surface area contributed by atoms with Crippen molar-refractivity contribution < 1.29 is 33.5 Å². The van der Waals surface area contributed by atoms with Gasteiger partial charge in [0, 0.05) is 79.2 Å². The molecule has 0 radical (unpaired) electrons. The smallest absolute Gasteiger partial charge is 0.412 e. The van der Waals surface area contributed by atoms with Crippen LogP contribution in [0, 0.1) is 0 Å². The van der Waals surface area contributed by atoms with Gasteiger partial charge in [0.05, 0.1) is 17.1 Å². The van der Waals surface area contributed by atoms with Crippen molar-refractivity contribution in [1.29, 1.82) is 0 Å². The summed E-state index contributed by atoms with van der Waals surface area (Å²) in [5, 5.41) is 10.8. The molecular formula is C34H44N10O7S. The molecule has 5 amide bonds. The monoisotopic (exact) mass is 736 g/mol. The van der Waals surface area contributed by atoms with Gasteiger partial charge in [-0.25, -0.2) is 9.78 Å². The number of hydrogen-bond acceptors (Lipinski definition) is 9. The van der Waals surface area contributed by atoms with Crippen molar-refractivity contribution in [3.63, 3.8) is 0 Å². The van der Waals surface area contributed by atoms with Crippen molar-refractivity contribution >= 4 is 69.5 Å². The molecule has 0 spiro atoms. The van der Waals surface area contributed by atoms with Gasteiger partial charge < -0.3 is 43.9 Å². The summed E-state index contributed by atoms with van der Waals surface area (Å²) < 4.78 is 11.4. The summed E-state index contributed by atoms with van der Waals surface area (Å²) in [6, 6.07) is 4.57. The third-order valence-electron chi connectivity index (χ3n) is 7.47. The zero-order chi connectivity index (χ0) is 38.5. The van der Waals surface area contributed by atoms with E-state index < -0.39 is 29.4 Å². The summed E-state index contributed by atoms with van der Waals surface area (Å²) >= 11 is 1.22. The van der Waals surface area contributed by atoms with E-state index in [1.165, 1.54) is 46.1 Å². The van der Waals surface area contributed by atoms with Gasteiger partial charge in [-0.3, -0.25) is 29.3 Å². The lowest BCUT2D eigenvalue weighted by Crippen LogP contribution is -2.29. The first-order chi connectivity index (χ1) is 24.3. The van der Waals surface area contributed by atoms with Gasteiger partial charge in [-0.05, 0) is 45.4 Å². The average Bonchev–Trinajstić information content (AvgIpc) is 3.78.